The van der Waals surface area contributed by atoms with Gasteiger partial charge in [0, 0.05) is 23.4 Å². The molecule has 0 spiro atoms. The first kappa shape index (κ1) is 19.3. The quantitative estimate of drug-likeness (QED) is 0.469. The average Bonchev–Trinajstić information content (AvgIpc) is 3.08. The molecule has 2 aliphatic rings. The lowest BCUT2D eigenvalue weighted by Crippen LogP contribution is -2.46. The van der Waals surface area contributed by atoms with Gasteiger partial charge in [-0.2, -0.15) is 0 Å². The highest BCUT2D eigenvalue weighted by Gasteiger charge is 2.50. The van der Waals surface area contributed by atoms with Crippen molar-refractivity contribution < 1.29 is 29.3 Å². The largest absolute Gasteiger partial charge is 0.507 e. The number of fused-ring (bicyclic) bond motifs is 5. The van der Waals surface area contributed by atoms with Crippen molar-refractivity contribution in [1.29, 1.82) is 0 Å². The summed E-state index contributed by atoms with van der Waals surface area (Å²) in [5, 5.41) is 21.7. The first-order valence-corrected chi connectivity index (χ1v) is 9.75. The van der Waals surface area contributed by atoms with Gasteiger partial charge >= 0.3 is 11.9 Å². The number of phenolic OH excluding ortho intramolecular Hbond substituents is 1. The summed E-state index contributed by atoms with van der Waals surface area (Å²) >= 11 is 0. The summed E-state index contributed by atoms with van der Waals surface area (Å²) in [6.45, 7) is 2.89. The number of aliphatic hydroxyl groups is 1. The molecule has 0 bridgehead atoms. The summed E-state index contributed by atoms with van der Waals surface area (Å²) < 4.78 is 11.6. The van der Waals surface area contributed by atoms with Crippen LogP contribution in [0.25, 0.3) is 22.3 Å². The molecule has 31 heavy (non-hydrogen) atoms. The molecule has 4 heterocycles. The zero-order chi connectivity index (χ0) is 22.1. The summed E-state index contributed by atoms with van der Waals surface area (Å²) in [6.07, 6.45) is -1.59. The van der Waals surface area contributed by atoms with Gasteiger partial charge < -0.3 is 24.3 Å². The van der Waals surface area contributed by atoms with Gasteiger partial charge in [-0.3, -0.25) is 9.59 Å². The molecule has 9 nitrogen and oxygen atoms in total. The van der Waals surface area contributed by atoms with Crippen LogP contribution >= 0.6 is 0 Å². The molecule has 158 valence electrons. The highest BCUT2D eigenvalue weighted by atomic mass is 16.7. The summed E-state index contributed by atoms with van der Waals surface area (Å²) in [5.41, 5.74) is -0.484. The molecule has 2 aromatic heterocycles. The number of aromatic nitrogens is 2. The van der Waals surface area contributed by atoms with Gasteiger partial charge in [-0.1, -0.05) is 13.0 Å². The Morgan fingerprint density at radius 3 is 2.84 bits per heavy atom. The van der Waals surface area contributed by atoms with Crippen LogP contribution < -0.4 is 5.56 Å². The Balaban J connectivity index is 1.79. The number of hydrogen-bond donors (Lipinski definition) is 2. The Kier molecular flexibility index (Phi) is 3.97. The Morgan fingerprint density at radius 2 is 2.13 bits per heavy atom. The SMILES string of the molecule is CC[C@@]1(O)C(=O)OC(OC(C)=O)c2c1cc1n(c2=O)Cc2cc3c(O)cccc3nc2-1. The van der Waals surface area contributed by atoms with E-state index in [-0.39, 0.29) is 29.8 Å². The minimum atomic E-state index is -2.06. The molecule has 2 atom stereocenters. The van der Waals surface area contributed by atoms with E-state index in [2.05, 4.69) is 4.98 Å². The molecule has 1 unspecified atom stereocenters. The van der Waals surface area contributed by atoms with Gasteiger partial charge in [0.05, 0.1) is 23.4 Å². The van der Waals surface area contributed by atoms with Crippen molar-refractivity contribution in [3.63, 3.8) is 0 Å². The van der Waals surface area contributed by atoms with Gasteiger partial charge in [0.2, 0.25) is 0 Å². The van der Waals surface area contributed by atoms with E-state index in [0.717, 1.165) is 6.92 Å². The molecule has 2 aliphatic heterocycles. The first-order chi connectivity index (χ1) is 14.7. The van der Waals surface area contributed by atoms with Crippen molar-refractivity contribution in [1.82, 2.24) is 9.55 Å². The molecular weight excluding hydrogens is 404 g/mol. The monoisotopic (exact) mass is 422 g/mol. The molecule has 0 fully saturated rings. The van der Waals surface area contributed by atoms with Crippen molar-refractivity contribution in [3.8, 4) is 17.1 Å². The lowest BCUT2D eigenvalue weighted by Gasteiger charge is -2.35. The number of phenols is 1. The number of benzene rings is 1. The van der Waals surface area contributed by atoms with Crippen LogP contribution in [-0.4, -0.2) is 31.7 Å². The van der Waals surface area contributed by atoms with Crippen LogP contribution in [0.4, 0.5) is 0 Å². The standard InChI is InChI=1S/C22H18N2O7/c1-3-22(29)13-8-15-18-11(7-12-14(23-18)5-4-6-16(12)26)9-24(15)19(27)17(13)20(30-10(2)25)31-21(22)28/h4-8,20,26,29H,3,9H2,1-2H3/t20?,22-/m0/s1. The number of cyclic esters (lactones) is 1. The molecule has 3 aromatic rings. The molecular formula is C22H18N2O7. The summed E-state index contributed by atoms with van der Waals surface area (Å²) in [6, 6.07) is 8.25. The van der Waals surface area contributed by atoms with E-state index in [1.807, 2.05) is 0 Å². The number of rotatable bonds is 2. The topological polar surface area (TPSA) is 128 Å². The first-order valence-electron chi connectivity index (χ1n) is 9.75. The molecule has 5 rings (SSSR count). The Hall–Kier alpha value is -3.72. The van der Waals surface area contributed by atoms with Crippen LogP contribution in [0, 0.1) is 0 Å². The fourth-order valence-corrected chi connectivity index (χ4v) is 4.25. The van der Waals surface area contributed by atoms with E-state index in [0.29, 0.717) is 27.9 Å². The Bertz CT molecular complexity index is 1360. The van der Waals surface area contributed by atoms with Gasteiger partial charge in [-0.05, 0) is 30.7 Å². The van der Waals surface area contributed by atoms with Gasteiger partial charge in [0.15, 0.2) is 5.60 Å². The van der Waals surface area contributed by atoms with Crippen LogP contribution in [0.15, 0.2) is 35.1 Å². The van der Waals surface area contributed by atoms with Crippen molar-refractivity contribution in [3.05, 3.63) is 57.4 Å². The summed E-state index contributed by atoms with van der Waals surface area (Å²) in [4.78, 5) is 42.1. The van der Waals surface area contributed by atoms with Crippen molar-refractivity contribution >= 4 is 22.8 Å². The second kappa shape index (κ2) is 6.39. The number of pyridine rings is 2. The van der Waals surface area contributed by atoms with E-state index >= 15 is 0 Å². The van der Waals surface area contributed by atoms with E-state index in [1.54, 1.807) is 31.2 Å². The number of nitrogens with zero attached hydrogens (tertiary/aromatic N) is 2. The van der Waals surface area contributed by atoms with Crippen molar-refractivity contribution in [2.75, 3.05) is 0 Å². The molecule has 1 aromatic carbocycles. The smallest absolute Gasteiger partial charge is 0.346 e. The molecule has 0 aliphatic carbocycles. The number of carbonyl (C=O) groups is 2. The normalized spacial score (nSPS) is 21.3. The highest BCUT2D eigenvalue weighted by Crippen LogP contribution is 2.42. The maximum absolute atomic E-state index is 13.4. The zero-order valence-corrected chi connectivity index (χ0v) is 16.7. The second-order valence-electron chi connectivity index (χ2n) is 7.65. The second-order valence-corrected chi connectivity index (χ2v) is 7.65. The predicted octanol–water partition coefficient (Wildman–Crippen LogP) is 1.85. The highest BCUT2D eigenvalue weighted by molar-refractivity contribution is 5.89. The Morgan fingerprint density at radius 1 is 1.35 bits per heavy atom. The maximum Gasteiger partial charge on any atom is 0.346 e. The third-order valence-corrected chi connectivity index (χ3v) is 5.84. The van der Waals surface area contributed by atoms with Gasteiger partial charge in [0.25, 0.3) is 11.8 Å². The van der Waals surface area contributed by atoms with Gasteiger partial charge in [0.1, 0.15) is 11.3 Å². The maximum atomic E-state index is 13.4. The van der Waals surface area contributed by atoms with Crippen molar-refractivity contribution in [2.45, 2.75) is 38.7 Å². The van der Waals surface area contributed by atoms with E-state index in [4.69, 9.17) is 9.47 Å². The van der Waals surface area contributed by atoms with E-state index < -0.39 is 29.4 Å². The number of esters is 2. The molecule has 9 heteroatoms. The zero-order valence-electron chi connectivity index (χ0n) is 16.7. The summed E-state index contributed by atoms with van der Waals surface area (Å²) in [5.74, 6) is -1.65. The lowest BCUT2D eigenvalue weighted by molar-refractivity contribution is -0.210. The third kappa shape index (κ3) is 2.59. The molecule has 2 N–H and O–H groups in total. The summed E-state index contributed by atoms with van der Waals surface area (Å²) in [7, 11) is 0. The third-order valence-electron chi connectivity index (χ3n) is 5.84. The van der Waals surface area contributed by atoms with E-state index in [1.165, 1.54) is 10.6 Å². The van der Waals surface area contributed by atoms with Crippen LogP contribution in [0.2, 0.25) is 0 Å². The van der Waals surface area contributed by atoms with Gasteiger partial charge in [-0.15, -0.1) is 0 Å². The van der Waals surface area contributed by atoms with Crippen LogP contribution in [0.3, 0.4) is 0 Å². The minimum absolute atomic E-state index is 0.0411. The fourth-order valence-electron chi connectivity index (χ4n) is 4.25. The van der Waals surface area contributed by atoms with Gasteiger partial charge in [-0.25, -0.2) is 9.78 Å². The number of hydrogen-bond acceptors (Lipinski definition) is 8. The van der Waals surface area contributed by atoms with Crippen LogP contribution in [0.5, 0.6) is 5.75 Å². The number of ether oxygens (including phenoxy) is 2. The Labute approximate surface area is 175 Å². The fraction of sp³-hybridized carbons (Fsp3) is 0.273. The molecule has 0 saturated carbocycles. The number of carbonyl (C=O) groups excluding carboxylic acids is 2. The molecule has 0 radical (unpaired) electrons. The predicted molar refractivity (Wildman–Crippen MR) is 107 cm³/mol. The molecule has 0 saturated heterocycles. The van der Waals surface area contributed by atoms with Crippen molar-refractivity contribution in [2.24, 2.45) is 0 Å². The van der Waals surface area contributed by atoms with Crippen LogP contribution in [-0.2, 0) is 31.2 Å². The van der Waals surface area contributed by atoms with Crippen LogP contribution in [0.1, 0.15) is 43.2 Å². The minimum Gasteiger partial charge on any atom is -0.507 e. The molecule has 0 amide bonds. The van der Waals surface area contributed by atoms with E-state index in [9.17, 15) is 24.6 Å². The number of aromatic hydroxyl groups is 1. The lowest BCUT2D eigenvalue weighted by atomic mass is 9.85. The average molecular weight is 422 g/mol.